The van der Waals surface area contributed by atoms with Crippen molar-refractivity contribution < 1.29 is 14.3 Å². The van der Waals surface area contributed by atoms with Crippen LogP contribution in [0.3, 0.4) is 0 Å². The Balaban J connectivity index is 2.31. The first-order chi connectivity index (χ1) is 11.8. The summed E-state index contributed by atoms with van der Waals surface area (Å²) in [5.74, 6) is -0.573. The van der Waals surface area contributed by atoms with Gasteiger partial charge >= 0.3 is 5.97 Å². The van der Waals surface area contributed by atoms with Crippen LogP contribution in [0.4, 0.5) is 0 Å². The molecule has 134 valence electrons. The monoisotopic (exact) mass is 343 g/mol. The van der Waals surface area contributed by atoms with Gasteiger partial charge in [0.1, 0.15) is 0 Å². The van der Waals surface area contributed by atoms with Gasteiger partial charge in [-0.25, -0.2) is 0 Å². The lowest BCUT2D eigenvalue weighted by Gasteiger charge is -2.20. The van der Waals surface area contributed by atoms with Gasteiger partial charge in [-0.05, 0) is 38.8 Å². The van der Waals surface area contributed by atoms with E-state index in [0.29, 0.717) is 17.9 Å². The number of amides is 1. The number of ether oxygens (including phenoxy) is 1. The van der Waals surface area contributed by atoms with Crippen LogP contribution in [0, 0.1) is 20.8 Å². The van der Waals surface area contributed by atoms with E-state index in [1.807, 2.05) is 38.1 Å². The number of carbonyl (C=O) groups is 2. The molecule has 1 atom stereocenters. The maximum absolute atomic E-state index is 12.8. The second-order valence-corrected chi connectivity index (χ2v) is 6.06. The van der Waals surface area contributed by atoms with Crippen molar-refractivity contribution >= 4 is 11.9 Å². The lowest BCUT2D eigenvalue weighted by Crippen LogP contribution is -2.31. The summed E-state index contributed by atoms with van der Waals surface area (Å²) in [6.45, 7) is 7.69. The first kappa shape index (κ1) is 18.7. The summed E-state index contributed by atoms with van der Waals surface area (Å²) in [5.41, 5.74) is 3.91. The molecule has 0 saturated carbocycles. The van der Waals surface area contributed by atoms with Crippen LogP contribution in [0.2, 0.25) is 0 Å². The highest BCUT2D eigenvalue weighted by atomic mass is 16.5. The van der Waals surface area contributed by atoms with E-state index in [1.54, 1.807) is 25.6 Å². The molecule has 1 aromatic heterocycles. The number of hydrogen-bond donors (Lipinski definition) is 1. The molecule has 0 aliphatic heterocycles. The van der Waals surface area contributed by atoms with Crippen molar-refractivity contribution in [1.82, 2.24) is 15.1 Å². The van der Waals surface area contributed by atoms with Gasteiger partial charge in [-0.1, -0.05) is 24.3 Å². The maximum Gasteiger partial charge on any atom is 0.308 e. The predicted molar refractivity (Wildman–Crippen MR) is 95.3 cm³/mol. The molecule has 0 saturated heterocycles. The second-order valence-electron chi connectivity index (χ2n) is 6.06. The third-order valence-corrected chi connectivity index (χ3v) is 4.28. The van der Waals surface area contributed by atoms with Crippen molar-refractivity contribution in [3.63, 3.8) is 0 Å². The highest BCUT2D eigenvalue weighted by molar-refractivity contribution is 5.96. The molecule has 0 fully saturated rings. The number of esters is 1. The fourth-order valence-corrected chi connectivity index (χ4v) is 2.94. The van der Waals surface area contributed by atoms with Crippen LogP contribution in [0.5, 0.6) is 0 Å². The molecule has 0 spiro atoms. The Morgan fingerprint density at radius 3 is 2.48 bits per heavy atom. The van der Waals surface area contributed by atoms with Gasteiger partial charge in [0, 0.05) is 12.7 Å². The Hall–Kier alpha value is -2.63. The van der Waals surface area contributed by atoms with Crippen molar-refractivity contribution in [1.29, 1.82) is 0 Å². The lowest BCUT2D eigenvalue weighted by molar-refractivity contribution is -0.143. The van der Waals surface area contributed by atoms with Crippen molar-refractivity contribution in [2.24, 2.45) is 7.05 Å². The Morgan fingerprint density at radius 2 is 1.92 bits per heavy atom. The molecule has 1 N–H and O–H groups in total. The summed E-state index contributed by atoms with van der Waals surface area (Å²) in [5, 5.41) is 7.27. The van der Waals surface area contributed by atoms with E-state index in [2.05, 4.69) is 10.4 Å². The third kappa shape index (κ3) is 4.26. The Morgan fingerprint density at radius 1 is 1.24 bits per heavy atom. The fourth-order valence-electron chi connectivity index (χ4n) is 2.94. The smallest absolute Gasteiger partial charge is 0.308 e. The standard InChI is InChI=1S/C19H25N3O3/c1-6-25-17(23)11-16(15-10-8-7-9-12(15)2)20-19(24)18-13(3)21-22(5)14(18)4/h7-10,16H,6,11H2,1-5H3,(H,20,24)/t16-/m0/s1. The molecule has 2 aromatic rings. The summed E-state index contributed by atoms with van der Waals surface area (Å²) in [4.78, 5) is 24.8. The van der Waals surface area contributed by atoms with Gasteiger partial charge in [-0.3, -0.25) is 14.3 Å². The van der Waals surface area contributed by atoms with Gasteiger partial charge in [0.2, 0.25) is 0 Å². The molecule has 1 amide bonds. The maximum atomic E-state index is 12.8. The van der Waals surface area contributed by atoms with Crippen LogP contribution in [-0.2, 0) is 16.6 Å². The van der Waals surface area contributed by atoms with Gasteiger partial charge in [0.15, 0.2) is 0 Å². The van der Waals surface area contributed by atoms with Gasteiger partial charge in [0.05, 0.1) is 30.3 Å². The fraction of sp³-hybridized carbons (Fsp3) is 0.421. The number of carbonyl (C=O) groups excluding carboxylic acids is 2. The normalized spacial score (nSPS) is 11.9. The van der Waals surface area contributed by atoms with Crippen molar-refractivity contribution in [2.75, 3.05) is 6.61 Å². The highest BCUT2D eigenvalue weighted by Gasteiger charge is 2.24. The van der Waals surface area contributed by atoms with Crippen LogP contribution in [0.15, 0.2) is 24.3 Å². The van der Waals surface area contributed by atoms with Crippen LogP contribution in [0.25, 0.3) is 0 Å². The molecule has 6 heteroatoms. The first-order valence-corrected chi connectivity index (χ1v) is 8.37. The molecule has 1 heterocycles. The van der Waals surface area contributed by atoms with E-state index < -0.39 is 6.04 Å². The summed E-state index contributed by atoms with van der Waals surface area (Å²) < 4.78 is 6.74. The van der Waals surface area contributed by atoms with Gasteiger partial charge in [-0.2, -0.15) is 5.10 Å². The molecule has 0 unspecified atom stereocenters. The third-order valence-electron chi connectivity index (χ3n) is 4.28. The average Bonchev–Trinajstić information content (AvgIpc) is 2.80. The van der Waals surface area contributed by atoms with Gasteiger partial charge in [-0.15, -0.1) is 0 Å². The van der Waals surface area contributed by atoms with Gasteiger partial charge in [0.25, 0.3) is 5.91 Å². The van der Waals surface area contributed by atoms with E-state index in [-0.39, 0.29) is 18.3 Å². The zero-order valence-electron chi connectivity index (χ0n) is 15.4. The second kappa shape index (κ2) is 7.96. The Bertz CT molecular complexity index is 780. The molecule has 0 radical (unpaired) electrons. The van der Waals surface area contributed by atoms with E-state index in [9.17, 15) is 9.59 Å². The zero-order chi connectivity index (χ0) is 18.6. The topological polar surface area (TPSA) is 73.2 Å². The molecule has 0 aliphatic carbocycles. The summed E-state index contributed by atoms with van der Waals surface area (Å²) in [6.07, 6.45) is 0.0861. The minimum absolute atomic E-state index is 0.0861. The van der Waals surface area contributed by atoms with Crippen LogP contribution in [-0.4, -0.2) is 28.3 Å². The van der Waals surface area contributed by atoms with Crippen LogP contribution in [0.1, 0.15) is 52.3 Å². The lowest BCUT2D eigenvalue weighted by atomic mass is 9.98. The van der Waals surface area contributed by atoms with E-state index in [0.717, 1.165) is 16.8 Å². The number of aromatic nitrogens is 2. The quantitative estimate of drug-likeness (QED) is 0.819. The molecule has 2 rings (SSSR count). The number of aryl methyl sites for hydroxylation is 3. The Labute approximate surface area is 148 Å². The van der Waals surface area contributed by atoms with E-state index in [4.69, 9.17) is 4.74 Å². The number of hydrogen-bond acceptors (Lipinski definition) is 4. The van der Waals surface area contributed by atoms with Gasteiger partial charge < -0.3 is 10.1 Å². The summed E-state index contributed by atoms with van der Waals surface area (Å²) in [7, 11) is 1.80. The SMILES string of the molecule is CCOC(=O)C[C@H](NC(=O)c1c(C)nn(C)c1C)c1ccccc1C. The number of nitrogens with zero attached hydrogens (tertiary/aromatic N) is 2. The molecule has 25 heavy (non-hydrogen) atoms. The minimum Gasteiger partial charge on any atom is -0.466 e. The number of rotatable bonds is 6. The average molecular weight is 343 g/mol. The molecule has 1 aromatic carbocycles. The molecule has 6 nitrogen and oxygen atoms in total. The van der Waals surface area contributed by atoms with Crippen molar-refractivity contribution in [2.45, 2.75) is 40.2 Å². The highest BCUT2D eigenvalue weighted by Crippen LogP contribution is 2.23. The van der Waals surface area contributed by atoms with Crippen LogP contribution >= 0.6 is 0 Å². The minimum atomic E-state index is -0.452. The van der Waals surface area contributed by atoms with E-state index in [1.165, 1.54) is 0 Å². The zero-order valence-corrected chi connectivity index (χ0v) is 15.4. The predicted octanol–water partition coefficient (Wildman–Crippen LogP) is 2.77. The molecular weight excluding hydrogens is 318 g/mol. The number of benzene rings is 1. The summed E-state index contributed by atoms with van der Waals surface area (Å²) >= 11 is 0. The van der Waals surface area contributed by atoms with E-state index >= 15 is 0 Å². The van der Waals surface area contributed by atoms with Crippen molar-refractivity contribution in [3.05, 3.63) is 52.3 Å². The van der Waals surface area contributed by atoms with Crippen molar-refractivity contribution in [3.8, 4) is 0 Å². The van der Waals surface area contributed by atoms with Crippen LogP contribution < -0.4 is 5.32 Å². The molecular formula is C19H25N3O3. The largest absolute Gasteiger partial charge is 0.466 e. The summed E-state index contributed by atoms with van der Waals surface area (Å²) in [6, 6.07) is 7.25. The molecule has 0 bridgehead atoms. The number of nitrogens with one attached hydrogen (secondary N) is 1. The molecule has 0 aliphatic rings. The first-order valence-electron chi connectivity index (χ1n) is 8.37. The Kier molecular flexibility index (Phi) is 5.96.